The Morgan fingerprint density at radius 1 is 1.20 bits per heavy atom. The highest BCUT2D eigenvalue weighted by Crippen LogP contribution is 2.24. The fourth-order valence-corrected chi connectivity index (χ4v) is 3.83. The summed E-state index contributed by atoms with van der Waals surface area (Å²) >= 11 is 5.91. The molecule has 1 amide bonds. The van der Waals surface area contributed by atoms with Gasteiger partial charge in [0, 0.05) is 30.1 Å². The molecular weight excluding hydrogens is 404 g/mol. The number of halogens is 1. The number of nitrogens with one attached hydrogen (secondary N) is 1. The Bertz CT molecular complexity index is 1280. The smallest absolute Gasteiger partial charge is 0.291 e. The van der Waals surface area contributed by atoms with Crippen LogP contribution in [0.25, 0.3) is 16.6 Å². The summed E-state index contributed by atoms with van der Waals surface area (Å²) < 4.78 is 8.82. The number of nitrogens with zero attached hydrogens (tertiary/aromatic N) is 3. The van der Waals surface area contributed by atoms with E-state index in [0.29, 0.717) is 41.3 Å². The first-order chi connectivity index (χ1) is 14.4. The van der Waals surface area contributed by atoms with E-state index in [1.165, 1.54) is 4.68 Å². The average Bonchev–Trinajstić information content (AvgIpc) is 3.26. The zero-order chi connectivity index (χ0) is 21.4. The molecule has 3 heterocycles. The summed E-state index contributed by atoms with van der Waals surface area (Å²) in [6.45, 7) is 6.05. The molecule has 0 radical (unpaired) electrons. The van der Waals surface area contributed by atoms with Crippen molar-refractivity contribution in [2.45, 2.75) is 46.2 Å². The van der Waals surface area contributed by atoms with Crippen LogP contribution < -0.4 is 10.9 Å². The number of furan rings is 1. The second-order valence-corrected chi connectivity index (χ2v) is 7.70. The molecule has 0 saturated heterocycles. The Morgan fingerprint density at radius 2 is 1.93 bits per heavy atom. The van der Waals surface area contributed by atoms with Crippen molar-refractivity contribution in [3.8, 4) is 0 Å². The second-order valence-electron chi connectivity index (χ2n) is 7.26. The van der Waals surface area contributed by atoms with E-state index in [0.717, 1.165) is 16.8 Å². The van der Waals surface area contributed by atoms with Crippen LogP contribution in [0.1, 0.15) is 43.5 Å². The molecule has 4 rings (SSSR count). The topological polar surface area (TPSA) is 81.5 Å². The van der Waals surface area contributed by atoms with Crippen molar-refractivity contribution in [1.29, 1.82) is 0 Å². The van der Waals surface area contributed by atoms with Crippen molar-refractivity contribution in [1.82, 2.24) is 19.5 Å². The number of carbonyl (C=O) groups excluding carboxylic acids is 1. The largest absolute Gasteiger partial charge is 0.460 e. The van der Waals surface area contributed by atoms with Crippen molar-refractivity contribution in [3.05, 3.63) is 68.9 Å². The van der Waals surface area contributed by atoms with Gasteiger partial charge in [-0.3, -0.25) is 14.0 Å². The number of aromatic nitrogens is 3. The predicted molar refractivity (Wildman–Crippen MR) is 116 cm³/mol. The molecule has 0 unspecified atom stereocenters. The van der Waals surface area contributed by atoms with Crippen molar-refractivity contribution in [2.75, 3.05) is 0 Å². The molecule has 4 aromatic rings. The molecule has 0 spiro atoms. The van der Waals surface area contributed by atoms with Gasteiger partial charge in [0.15, 0.2) is 5.58 Å². The van der Waals surface area contributed by atoms with Crippen molar-refractivity contribution in [2.24, 2.45) is 0 Å². The maximum atomic E-state index is 13.2. The molecule has 1 N–H and O–H groups in total. The van der Waals surface area contributed by atoms with Gasteiger partial charge in [0.2, 0.25) is 5.91 Å². The van der Waals surface area contributed by atoms with Crippen molar-refractivity contribution < 1.29 is 9.21 Å². The molecule has 0 aliphatic rings. The van der Waals surface area contributed by atoms with Crippen LogP contribution in [-0.2, 0) is 17.8 Å². The van der Waals surface area contributed by atoms with E-state index >= 15 is 0 Å². The maximum Gasteiger partial charge on any atom is 0.291 e. The average molecular weight is 427 g/mol. The molecule has 7 nitrogen and oxygen atoms in total. The van der Waals surface area contributed by atoms with E-state index in [2.05, 4.69) is 10.4 Å². The fourth-order valence-electron chi connectivity index (χ4n) is 3.70. The summed E-state index contributed by atoms with van der Waals surface area (Å²) in [5, 5.41) is 8.10. The summed E-state index contributed by atoms with van der Waals surface area (Å²) in [7, 11) is 0. The first-order valence-electron chi connectivity index (χ1n) is 9.98. The lowest BCUT2D eigenvalue weighted by molar-refractivity contribution is -0.125. The molecule has 0 aliphatic heterocycles. The molecule has 30 heavy (non-hydrogen) atoms. The van der Waals surface area contributed by atoms with Gasteiger partial charge in [-0.2, -0.15) is 5.10 Å². The monoisotopic (exact) mass is 426 g/mol. The van der Waals surface area contributed by atoms with E-state index in [9.17, 15) is 9.59 Å². The van der Waals surface area contributed by atoms with Gasteiger partial charge in [-0.25, -0.2) is 4.68 Å². The van der Waals surface area contributed by atoms with Gasteiger partial charge < -0.3 is 9.73 Å². The minimum absolute atomic E-state index is 0.250. The zero-order valence-corrected chi connectivity index (χ0v) is 17.9. The number of hydrogen-bond donors (Lipinski definition) is 1. The van der Waals surface area contributed by atoms with Crippen LogP contribution >= 0.6 is 11.6 Å². The molecule has 1 aromatic carbocycles. The fraction of sp³-hybridized carbons (Fsp3) is 0.318. The molecule has 0 bridgehead atoms. The number of rotatable bonds is 6. The van der Waals surface area contributed by atoms with E-state index in [-0.39, 0.29) is 11.5 Å². The van der Waals surface area contributed by atoms with Crippen molar-refractivity contribution in [3.63, 3.8) is 0 Å². The molecule has 0 saturated carbocycles. The minimum Gasteiger partial charge on any atom is -0.460 e. The molecule has 0 aliphatic carbocycles. The van der Waals surface area contributed by atoms with Gasteiger partial charge in [0.25, 0.3) is 5.56 Å². The predicted octanol–water partition coefficient (Wildman–Crippen LogP) is 4.03. The highest BCUT2D eigenvalue weighted by Gasteiger charge is 2.24. The normalized spacial score (nSPS) is 12.5. The van der Waals surface area contributed by atoms with Crippen LogP contribution in [-0.4, -0.2) is 20.1 Å². The molecule has 8 heteroatoms. The Labute approximate surface area is 178 Å². The molecule has 1 atom stereocenters. The van der Waals surface area contributed by atoms with Gasteiger partial charge in [-0.05, 0) is 31.0 Å². The first kappa shape index (κ1) is 20.2. The third kappa shape index (κ3) is 3.50. The van der Waals surface area contributed by atoms with Crippen LogP contribution in [0.4, 0.5) is 0 Å². The minimum atomic E-state index is -0.706. The number of benzene rings is 1. The second kappa shape index (κ2) is 7.99. The van der Waals surface area contributed by atoms with Gasteiger partial charge in [-0.15, -0.1) is 0 Å². The quantitative estimate of drug-likeness (QED) is 0.504. The Balaban J connectivity index is 1.70. The Kier molecular flexibility index (Phi) is 5.39. The van der Waals surface area contributed by atoms with Crippen LogP contribution in [0.5, 0.6) is 0 Å². The number of amides is 1. The molecule has 3 aromatic heterocycles. The summed E-state index contributed by atoms with van der Waals surface area (Å²) in [4.78, 5) is 26.1. The lowest BCUT2D eigenvalue weighted by atomic mass is 10.2. The number of hydrogen-bond acceptors (Lipinski definition) is 4. The number of fused-ring (bicyclic) bond motifs is 3. The number of aryl methyl sites for hydroxylation is 2. The summed E-state index contributed by atoms with van der Waals surface area (Å²) in [6, 6.07) is 10.2. The van der Waals surface area contributed by atoms with Crippen molar-refractivity contribution >= 4 is 34.1 Å². The zero-order valence-electron chi connectivity index (χ0n) is 17.1. The van der Waals surface area contributed by atoms with E-state index in [1.54, 1.807) is 18.2 Å². The van der Waals surface area contributed by atoms with Crippen LogP contribution in [0.15, 0.2) is 45.6 Å². The summed E-state index contributed by atoms with van der Waals surface area (Å²) in [5.74, 6) is 1.22. The standard InChI is InChI=1S/C22H23ClN4O3/c1-4-16(21(28)24-12-14-6-8-15(23)9-7-14)27-22(29)18-11-19-17(10-13(3)30-19)26(18)20(5-2)25-27/h6-11,16H,4-5,12H2,1-3H3,(H,24,28)/t16-/m0/s1. The van der Waals surface area contributed by atoms with Crippen LogP contribution in [0.3, 0.4) is 0 Å². The highest BCUT2D eigenvalue weighted by molar-refractivity contribution is 6.30. The maximum absolute atomic E-state index is 13.2. The Morgan fingerprint density at radius 3 is 2.60 bits per heavy atom. The summed E-state index contributed by atoms with van der Waals surface area (Å²) in [5.41, 5.74) is 2.52. The third-order valence-electron chi connectivity index (χ3n) is 5.20. The Hall–Kier alpha value is -3.06. The van der Waals surface area contributed by atoms with Gasteiger partial charge in [-0.1, -0.05) is 37.6 Å². The van der Waals surface area contributed by atoms with E-state index in [1.807, 2.05) is 43.4 Å². The van der Waals surface area contributed by atoms with E-state index in [4.69, 9.17) is 16.0 Å². The van der Waals surface area contributed by atoms with Gasteiger partial charge >= 0.3 is 0 Å². The SMILES string of the molecule is CCc1nn([C@@H](CC)C(=O)NCc2ccc(Cl)cc2)c(=O)c2cc3oc(C)cc3n12. The van der Waals surface area contributed by atoms with E-state index < -0.39 is 6.04 Å². The molecule has 0 fully saturated rings. The van der Waals surface area contributed by atoms with Gasteiger partial charge in [0.05, 0.1) is 5.52 Å². The van der Waals surface area contributed by atoms with Crippen LogP contribution in [0.2, 0.25) is 5.02 Å². The third-order valence-corrected chi connectivity index (χ3v) is 5.45. The van der Waals surface area contributed by atoms with Crippen LogP contribution in [0, 0.1) is 6.92 Å². The lowest BCUT2D eigenvalue weighted by Gasteiger charge is -2.18. The number of carbonyl (C=O) groups is 1. The highest BCUT2D eigenvalue weighted by atomic mass is 35.5. The van der Waals surface area contributed by atoms with Gasteiger partial charge in [0.1, 0.15) is 23.1 Å². The molecular formula is C22H23ClN4O3. The lowest BCUT2D eigenvalue weighted by Crippen LogP contribution is -2.39. The first-order valence-corrected chi connectivity index (χ1v) is 10.4. The summed E-state index contributed by atoms with van der Waals surface area (Å²) in [6.07, 6.45) is 1.04. The molecule has 156 valence electrons.